The number of nitrogens with one attached hydrogen (secondary N) is 2. The number of rotatable bonds is 6. The molecule has 0 radical (unpaired) electrons. The van der Waals surface area contributed by atoms with E-state index in [0.29, 0.717) is 0 Å². The summed E-state index contributed by atoms with van der Waals surface area (Å²) >= 11 is 0. The van der Waals surface area contributed by atoms with Crippen LogP contribution in [0.1, 0.15) is 44.9 Å². The highest BCUT2D eigenvalue weighted by atomic mass is 127. The van der Waals surface area contributed by atoms with Crippen LogP contribution in [-0.2, 0) is 4.79 Å². The lowest BCUT2D eigenvalue weighted by Gasteiger charge is -2.27. The standard InChI is InChI=1S/C20H33N5O2.HI/c1-15(2)19(26)25-11-8-16(14-25)23-20(21-3)22-13-17(18-7-6-12-27-18)24-9-4-5-10-24;/h6-7,12,15-17H,4-5,8-11,13-14H2,1-3H3,(H2,21,22,23);1H. The van der Waals surface area contributed by atoms with Crippen LogP contribution in [0.15, 0.2) is 27.8 Å². The third-order valence-electron chi connectivity index (χ3n) is 5.47. The van der Waals surface area contributed by atoms with E-state index in [0.717, 1.165) is 50.9 Å². The van der Waals surface area contributed by atoms with E-state index in [2.05, 4.69) is 20.5 Å². The van der Waals surface area contributed by atoms with Crippen LogP contribution in [0.2, 0.25) is 0 Å². The van der Waals surface area contributed by atoms with Crippen molar-refractivity contribution >= 4 is 35.8 Å². The van der Waals surface area contributed by atoms with Crippen molar-refractivity contribution < 1.29 is 9.21 Å². The molecule has 0 aromatic carbocycles. The highest BCUT2D eigenvalue weighted by molar-refractivity contribution is 14.0. The molecule has 1 aromatic heterocycles. The molecule has 2 aliphatic rings. The minimum Gasteiger partial charge on any atom is -0.468 e. The van der Waals surface area contributed by atoms with Crippen molar-refractivity contribution in [2.24, 2.45) is 10.9 Å². The molecule has 0 bridgehead atoms. The van der Waals surface area contributed by atoms with Crippen LogP contribution in [0.5, 0.6) is 0 Å². The fraction of sp³-hybridized carbons (Fsp3) is 0.700. The van der Waals surface area contributed by atoms with E-state index in [1.54, 1.807) is 13.3 Å². The predicted molar refractivity (Wildman–Crippen MR) is 122 cm³/mol. The summed E-state index contributed by atoms with van der Waals surface area (Å²) in [5, 5.41) is 6.94. The molecule has 2 saturated heterocycles. The van der Waals surface area contributed by atoms with Crippen molar-refractivity contribution in [2.75, 3.05) is 39.8 Å². The van der Waals surface area contributed by atoms with Crippen molar-refractivity contribution in [3.63, 3.8) is 0 Å². The second-order valence-corrected chi connectivity index (χ2v) is 7.80. The van der Waals surface area contributed by atoms with E-state index in [1.807, 2.05) is 30.9 Å². The zero-order chi connectivity index (χ0) is 19.2. The van der Waals surface area contributed by atoms with E-state index in [9.17, 15) is 4.79 Å². The second kappa shape index (κ2) is 11.0. The van der Waals surface area contributed by atoms with Crippen molar-refractivity contribution in [3.05, 3.63) is 24.2 Å². The van der Waals surface area contributed by atoms with Gasteiger partial charge >= 0.3 is 0 Å². The van der Waals surface area contributed by atoms with Crippen LogP contribution in [0.3, 0.4) is 0 Å². The Bertz CT molecular complexity index is 629. The monoisotopic (exact) mass is 503 g/mol. The maximum Gasteiger partial charge on any atom is 0.225 e. The van der Waals surface area contributed by atoms with Crippen LogP contribution >= 0.6 is 24.0 Å². The summed E-state index contributed by atoms with van der Waals surface area (Å²) < 4.78 is 5.68. The first kappa shape index (κ1) is 23.0. The Morgan fingerprint density at radius 3 is 2.68 bits per heavy atom. The predicted octanol–water partition coefficient (Wildman–Crippen LogP) is 2.46. The van der Waals surface area contributed by atoms with Gasteiger partial charge in [0.25, 0.3) is 0 Å². The Labute approximate surface area is 185 Å². The number of amides is 1. The lowest BCUT2D eigenvalue weighted by Crippen LogP contribution is -2.47. The Balaban J connectivity index is 0.00000280. The molecule has 8 heteroatoms. The Morgan fingerprint density at radius 1 is 1.32 bits per heavy atom. The van der Waals surface area contributed by atoms with Gasteiger partial charge in [0.05, 0.1) is 12.3 Å². The molecule has 0 saturated carbocycles. The van der Waals surface area contributed by atoms with Gasteiger partial charge in [0.2, 0.25) is 5.91 Å². The van der Waals surface area contributed by atoms with Gasteiger partial charge in [-0.2, -0.15) is 0 Å². The third-order valence-corrected chi connectivity index (χ3v) is 5.47. The highest BCUT2D eigenvalue weighted by Gasteiger charge is 2.29. The molecule has 2 atom stereocenters. The normalized spacial score (nSPS) is 21.6. The fourth-order valence-corrected chi connectivity index (χ4v) is 3.97. The van der Waals surface area contributed by atoms with E-state index in [4.69, 9.17) is 4.42 Å². The molecular formula is C20H34IN5O2. The number of guanidine groups is 1. The molecule has 2 N–H and O–H groups in total. The minimum absolute atomic E-state index is 0. The molecule has 0 spiro atoms. The summed E-state index contributed by atoms with van der Waals surface area (Å²) in [4.78, 5) is 21.0. The van der Waals surface area contributed by atoms with E-state index >= 15 is 0 Å². The zero-order valence-electron chi connectivity index (χ0n) is 17.2. The van der Waals surface area contributed by atoms with Crippen LogP contribution in [0.4, 0.5) is 0 Å². The first-order chi connectivity index (χ1) is 13.1. The first-order valence-electron chi connectivity index (χ1n) is 10.1. The Kier molecular flexibility index (Phi) is 9.07. The van der Waals surface area contributed by atoms with Gasteiger partial charge in [-0.05, 0) is 44.5 Å². The maximum atomic E-state index is 12.2. The number of likely N-dealkylation sites (tertiary alicyclic amines) is 2. The van der Waals surface area contributed by atoms with Gasteiger partial charge < -0.3 is 20.0 Å². The number of nitrogens with zero attached hydrogens (tertiary/aromatic N) is 3. The average molecular weight is 503 g/mol. The summed E-state index contributed by atoms with van der Waals surface area (Å²) in [6, 6.07) is 4.45. The maximum absolute atomic E-state index is 12.2. The number of aliphatic imine (C=N–C) groups is 1. The zero-order valence-corrected chi connectivity index (χ0v) is 19.5. The molecule has 28 heavy (non-hydrogen) atoms. The molecule has 2 unspecified atom stereocenters. The van der Waals surface area contributed by atoms with Gasteiger partial charge in [0.1, 0.15) is 5.76 Å². The summed E-state index contributed by atoms with van der Waals surface area (Å²) in [6.45, 7) is 8.42. The minimum atomic E-state index is 0. The first-order valence-corrected chi connectivity index (χ1v) is 10.1. The van der Waals surface area contributed by atoms with Crippen LogP contribution in [0.25, 0.3) is 0 Å². The molecule has 2 aliphatic heterocycles. The quantitative estimate of drug-likeness (QED) is 0.355. The number of hydrogen-bond donors (Lipinski definition) is 2. The second-order valence-electron chi connectivity index (χ2n) is 7.80. The molecule has 2 fully saturated rings. The van der Waals surface area contributed by atoms with Crippen LogP contribution in [0, 0.1) is 5.92 Å². The molecule has 0 aliphatic carbocycles. The SMILES string of the molecule is CN=C(NCC(c1ccco1)N1CCCC1)NC1CCN(C(=O)C(C)C)C1.I. The molecule has 1 amide bonds. The van der Waals surface area contributed by atoms with Gasteiger partial charge in [-0.1, -0.05) is 13.8 Å². The van der Waals surface area contributed by atoms with Gasteiger partial charge in [-0.25, -0.2) is 0 Å². The molecular weight excluding hydrogens is 469 g/mol. The summed E-state index contributed by atoms with van der Waals surface area (Å²) in [6.07, 6.45) is 5.18. The van der Waals surface area contributed by atoms with Gasteiger partial charge in [0.15, 0.2) is 5.96 Å². The topological polar surface area (TPSA) is 73.1 Å². The van der Waals surface area contributed by atoms with Gasteiger partial charge in [-0.3, -0.25) is 14.7 Å². The molecule has 158 valence electrons. The van der Waals surface area contributed by atoms with Crippen LogP contribution in [-0.4, -0.2) is 67.5 Å². The summed E-state index contributed by atoms with van der Waals surface area (Å²) in [5.41, 5.74) is 0. The lowest BCUT2D eigenvalue weighted by atomic mass is 10.2. The molecule has 3 rings (SSSR count). The van der Waals surface area contributed by atoms with E-state index in [-0.39, 0.29) is 47.9 Å². The van der Waals surface area contributed by atoms with Crippen LogP contribution < -0.4 is 10.6 Å². The van der Waals surface area contributed by atoms with Gasteiger partial charge in [0, 0.05) is 38.6 Å². The summed E-state index contributed by atoms with van der Waals surface area (Å²) in [7, 11) is 1.79. The summed E-state index contributed by atoms with van der Waals surface area (Å²) in [5.74, 6) is 2.06. The largest absolute Gasteiger partial charge is 0.468 e. The molecule has 3 heterocycles. The van der Waals surface area contributed by atoms with E-state index < -0.39 is 0 Å². The third kappa shape index (κ3) is 5.85. The fourth-order valence-electron chi connectivity index (χ4n) is 3.97. The van der Waals surface area contributed by atoms with Crippen molar-refractivity contribution in [1.82, 2.24) is 20.4 Å². The molecule has 1 aromatic rings. The molecule has 7 nitrogen and oxygen atoms in total. The Morgan fingerprint density at radius 2 is 2.07 bits per heavy atom. The average Bonchev–Trinajstić information content (AvgIpc) is 3.42. The number of furan rings is 1. The number of halogens is 1. The number of hydrogen-bond acceptors (Lipinski definition) is 4. The Hall–Kier alpha value is -1.29. The number of carbonyl (C=O) groups excluding carboxylic acids is 1. The van der Waals surface area contributed by atoms with Crippen molar-refractivity contribution in [3.8, 4) is 0 Å². The van der Waals surface area contributed by atoms with Gasteiger partial charge in [-0.15, -0.1) is 24.0 Å². The van der Waals surface area contributed by atoms with Crippen molar-refractivity contribution in [2.45, 2.75) is 45.2 Å². The lowest BCUT2D eigenvalue weighted by molar-refractivity contribution is -0.133. The number of carbonyl (C=O) groups is 1. The smallest absolute Gasteiger partial charge is 0.225 e. The van der Waals surface area contributed by atoms with E-state index in [1.165, 1.54) is 12.8 Å². The van der Waals surface area contributed by atoms with Crippen molar-refractivity contribution in [1.29, 1.82) is 0 Å². The highest BCUT2D eigenvalue weighted by Crippen LogP contribution is 2.24.